The maximum Gasteiger partial charge on any atom is 0.158 e. The van der Waals surface area contributed by atoms with E-state index in [1.165, 1.54) is 116 Å². The Hall–Kier alpha value is -6.27. The number of aryl methyl sites for hydroxylation is 1. The Balaban J connectivity index is 1.13. The zero-order chi connectivity index (χ0) is 48.1. The van der Waals surface area contributed by atoms with Gasteiger partial charge in [0.15, 0.2) is 5.58 Å². The quantitative estimate of drug-likeness (QED) is 0.186. The number of para-hydroxylation sites is 2. The van der Waals surface area contributed by atoms with Crippen molar-refractivity contribution < 1.29 is 4.42 Å². The summed E-state index contributed by atoms with van der Waals surface area (Å²) < 4.78 is 9.37. The van der Waals surface area contributed by atoms with Gasteiger partial charge in [-0.3, -0.25) is 0 Å². The Morgan fingerprint density at radius 3 is 1.89 bits per heavy atom. The Bertz CT molecular complexity index is 3810. The molecular formula is C65H60N2OS2. The van der Waals surface area contributed by atoms with Crippen molar-refractivity contribution >= 4 is 94.3 Å². The van der Waals surface area contributed by atoms with Gasteiger partial charge in [-0.05, 0) is 153 Å². The summed E-state index contributed by atoms with van der Waals surface area (Å²) >= 11 is 3.95. The van der Waals surface area contributed by atoms with E-state index in [1.54, 1.807) is 0 Å². The molecule has 3 nitrogen and oxygen atoms in total. The van der Waals surface area contributed by atoms with E-state index < -0.39 is 0 Å². The monoisotopic (exact) mass is 948 g/mol. The van der Waals surface area contributed by atoms with Gasteiger partial charge in [0, 0.05) is 48.3 Å². The Morgan fingerprint density at radius 2 is 1.14 bits per heavy atom. The van der Waals surface area contributed by atoms with Gasteiger partial charge in [0.2, 0.25) is 0 Å². The maximum atomic E-state index is 6.66. The number of nitrogens with one attached hydrogen (secondary N) is 1. The molecule has 0 amide bonds. The predicted molar refractivity (Wildman–Crippen MR) is 301 cm³/mol. The Morgan fingerprint density at radius 1 is 0.514 bits per heavy atom. The van der Waals surface area contributed by atoms with Crippen LogP contribution in [0.25, 0.3) is 65.1 Å². The minimum atomic E-state index is 0.0398. The largest absolute Gasteiger partial charge is 0.454 e. The van der Waals surface area contributed by atoms with E-state index in [1.807, 2.05) is 29.2 Å². The van der Waals surface area contributed by atoms with E-state index in [4.69, 9.17) is 4.42 Å². The molecule has 70 heavy (non-hydrogen) atoms. The van der Waals surface area contributed by atoms with Crippen LogP contribution in [-0.2, 0) is 21.7 Å². The Labute approximate surface area is 420 Å². The van der Waals surface area contributed by atoms with Crippen LogP contribution >= 0.6 is 23.1 Å². The summed E-state index contributed by atoms with van der Waals surface area (Å²) in [7, 11) is 0. The molecule has 13 rings (SSSR count). The van der Waals surface area contributed by atoms with E-state index >= 15 is 0 Å². The molecule has 10 aromatic rings. The minimum absolute atomic E-state index is 0.0398. The number of hydrogen-bond donors (Lipinski definition) is 1. The molecule has 1 aliphatic heterocycles. The molecule has 0 atom stereocenters. The van der Waals surface area contributed by atoms with E-state index in [0.29, 0.717) is 0 Å². The second kappa shape index (κ2) is 15.4. The number of rotatable bonds is 5. The lowest BCUT2D eigenvalue weighted by Crippen LogP contribution is -2.34. The van der Waals surface area contributed by atoms with Crippen molar-refractivity contribution in [2.24, 2.45) is 0 Å². The molecule has 3 aliphatic rings. The highest BCUT2D eigenvalue weighted by Gasteiger charge is 2.42. The molecule has 2 aliphatic carbocycles. The standard InChI is InChI=1S/C65H60N2OS2/c1-38-32-47-49(64(6,7)30-28-62(47,2)3)36-53(38)67-54-34-41(39-18-11-10-12-19-39)33-46(60(54)70-61-58(67)45-35-48-50(37-56(45)69-61)65(8,9)31-29-63(48,4)5)57-42-21-14-13-20-40(42)26-27-51(57)66-52-24-17-23-44-43-22-15-16-25-55(43)68-59(44)52/h10-27,32-37,66H,28-31H2,1-9H3. The van der Waals surface area contributed by atoms with Gasteiger partial charge in [-0.25, -0.2) is 0 Å². The van der Waals surface area contributed by atoms with Crippen LogP contribution in [0.2, 0.25) is 0 Å². The number of benzene rings is 8. The molecule has 0 saturated carbocycles. The summed E-state index contributed by atoms with van der Waals surface area (Å²) in [4.78, 5) is 3.98. The first-order valence-electron chi connectivity index (χ1n) is 25.2. The molecule has 0 radical (unpaired) electrons. The second-order valence-electron chi connectivity index (χ2n) is 23.1. The van der Waals surface area contributed by atoms with Crippen molar-refractivity contribution in [3.05, 3.63) is 173 Å². The molecular weight excluding hydrogens is 889 g/mol. The number of anilines is 5. The number of nitrogens with zero attached hydrogens (tertiary/aromatic N) is 1. The van der Waals surface area contributed by atoms with Gasteiger partial charge in [0.25, 0.3) is 0 Å². The first-order valence-corrected chi connectivity index (χ1v) is 26.9. The van der Waals surface area contributed by atoms with Gasteiger partial charge >= 0.3 is 0 Å². The molecule has 1 N–H and O–H groups in total. The zero-order valence-electron chi connectivity index (χ0n) is 41.9. The van der Waals surface area contributed by atoms with E-state index in [9.17, 15) is 0 Å². The smallest absolute Gasteiger partial charge is 0.158 e. The third-order valence-electron chi connectivity index (χ3n) is 16.7. The van der Waals surface area contributed by atoms with Crippen LogP contribution in [0.4, 0.5) is 28.4 Å². The average molecular weight is 949 g/mol. The maximum absolute atomic E-state index is 6.66. The predicted octanol–water partition coefficient (Wildman–Crippen LogP) is 20.0. The highest BCUT2D eigenvalue weighted by molar-refractivity contribution is 8.01. The molecule has 0 fully saturated rings. The van der Waals surface area contributed by atoms with Crippen LogP contribution in [-0.4, -0.2) is 0 Å². The molecule has 0 unspecified atom stereocenters. The van der Waals surface area contributed by atoms with Crippen molar-refractivity contribution in [1.29, 1.82) is 0 Å². The van der Waals surface area contributed by atoms with Gasteiger partial charge in [0.1, 0.15) is 5.58 Å². The van der Waals surface area contributed by atoms with Crippen LogP contribution in [0, 0.1) is 6.92 Å². The summed E-state index contributed by atoms with van der Waals surface area (Å²) in [6.45, 7) is 22.0. The number of furan rings is 1. The molecule has 8 aromatic carbocycles. The molecule has 3 heterocycles. The summed E-state index contributed by atoms with van der Waals surface area (Å²) in [5.74, 6) is 0. The third kappa shape index (κ3) is 6.67. The highest BCUT2D eigenvalue weighted by Crippen LogP contribution is 2.63. The first kappa shape index (κ1) is 43.7. The van der Waals surface area contributed by atoms with Gasteiger partial charge < -0.3 is 14.6 Å². The van der Waals surface area contributed by atoms with Gasteiger partial charge in [-0.1, -0.05) is 164 Å². The second-order valence-corrected chi connectivity index (χ2v) is 25.5. The molecule has 0 saturated heterocycles. The fourth-order valence-electron chi connectivity index (χ4n) is 12.3. The van der Waals surface area contributed by atoms with E-state index in [2.05, 4.69) is 212 Å². The molecule has 0 spiro atoms. The van der Waals surface area contributed by atoms with Gasteiger partial charge in [-0.2, -0.15) is 0 Å². The number of fused-ring (bicyclic) bond motifs is 10. The van der Waals surface area contributed by atoms with Gasteiger partial charge in [-0.15, -0.1) is 11.3 Å². The van der Waals surface area contributed by atoms with Crippen molar-refractivity contribution in [1.82, 2.24) is 0 Å². The third-order valence-corrected chi connectivity index (χ3v) is 19.2. The summed E-state index contributed by atoms with van der Waals surface area (Å²) in [5.41, 5.74) is 20.0. The fourth-order valence-corrected chi connectivity index (χ4v) is 15.0. The molecule has 5 heteroatoms. The van der Waals surface area contributed by atoms with Crippen LogP contribution in [0.1, 0.15) is 109 Å². The van der Waals surface area contributed by atoms with E-state index in [0.717, 1.165) is 39.7 Å². The lowest BCUT2D eigenvalue weighted by atomic mass is 9.62. The van der Waals surface area contributed by atoms with Crippen LogP contribution in [0.15, 0.2) is 159 Å². The first-order chi connectivity index (χ1) is 33.6. The Kier molecular flexibility index (Phi) is 9.60. The average Bonchev–Trinajstić information content (AvgIpc) is 3.92. The summed E-state index contributed by atoms with van der Waals surface area (Å²) in [6, 6.07) is 54.7. The van der Waals surface area contributed by atoms with Crippen LogP contribution in [0.5, 0.6) is 0 Å². The topological polar surface area (TPSA) is 28.4 Å². The molecule has 2 aromatic heterocycles. The van der Waals surface area contributed by atoms with Gasteiger partial charge in [0.05, 0.1) is 21.3 Å². The van der Waals surface area contributed by atoms with Crippen LogP contribution in [0.3, 0.4) is 0 Å². The van der Waals surface area contributed by atoms with Crippen molar-refractivity contribution in [3.63, 3.8) is 0 Å². The number of hydrogen-bond acceptors (Lipinski definition) is 5. The fraction of sp³-hybridized carbons (Fsp3) is 0.262. The summed E-state index contributed by atoms with van der Waals surface area (Å²) in [5, 5.41) is 10.0. The van der Waals surface area contributed by atoms with Crippen molar-refractivity contribution in [3.8, 4) is 22.3 Å². The lowest BCUT2D eigenvalue weighted by Gasteiger charge is -2.43. The summed E-state index contributed by atoms with van der Waals surface area (Å²) in [6.07, 6.45) is 4.71. The molecule has 348 valence electrons. The highest BCUT2D eigenvalue weighted by atomic mass is 32.2. The minimum Gasteiger partial charge on any atom is -0.454 e. The van der Waals surface area contributed by atoms with E-state index in [-0.39, 0.29) is 21.7 Å². The zero-order valence-corrected chi connectivity index (χ0v) is 43.5. The number of thiophene rings is 1. The lowest BCUT2D eigenvalue weighted by molar-refractivity contribution is 0.332. The van der Waals surface area contributed by atoms with Crippen molar-refractivity contribution in [2.75, 3.05) is 10.2 Å². The SMILES string of the molecule is Cc1cc2c(cc1N1c3cc(-c4ccccc4)cc(-c4c(Nc5cccc6c5oc5ccccc56)ccc5ccccc45)c3Sc3sc4cc5c(cc4c31)C(C)(C)CCC5(C)C)C(C)(C)CCC2(C)C. The normalized spacial score (nSPS) is 17.4. The molecule has 0 bridgehead atoms. The van der Waals surface area contributed by atoms with Crippen LogP contribution < -0.4 is 10.2 Å². The van der Waals surface area contributed by atoms with Crippen molar-refractivity contribution in [2.45, 2.75) is 119 Å².